The van der Waals surface area contributed by atoms with Gasteiger partial charge in [0.25, 0.3) is 0 Å². The van der Waals surface area contributed by atoms with E-state index in [-0.39, 0.29) is 17.3 Å². The van der Waals surface area contributed by atoms with Crippen LogP contribution in [-0.2, 0) is 0 Å². The van der Waals surface area contributed by atoms with Gasteiger partial charge in [0, 0.05) is 0 Å². The van der Waals surface area contributed by atoms with Gasteiger partial charge in [0.2, 0.25) is 11.8 Å². The first kappa shape index (κ1) is 15.8. The Morgan fingerprint density at radius 3 is 2.58 bits per heavy atom. The number of fused-ring (bicyclic) bond motifs is 1. The van der Waals surface area contributed by atoms with Gasteiger partial charge in [-0.3, -0.25) is 5.10 Å². The maximum absolute atomic E-state index is 13.8. The van der Waals surface area contributed by atoms with Crippen molar-refractivity contribution in [2.24, 2.45) is 5.73 Å². The topological polar surface area (TPSA) is 87.7 Å². The number of benzene rings is 2. The average molecular weight is 350 g/mol. The summed E-state index contributed by atoms with van der Waals surface area (Å²) in [6.07, 6.45) is 0. The van der Waals surface area contributed by atoms with E-state index in [0.29, 0.717) is 16.8 Å². The van der Waals surface area contributed by atoms with Crippen LogP contribution in [0, 0.1) is 23.0 Å². The van der Waals surface area contributed by atoms with Crippen LogP contribution in [0.4, 0.5) is 8.78 Å². The minimum absolute atomic E-state index is 0.110. The van der Waals surface area contributed by atoms with Crippen LogP contribution < -0.4 is 10.5 Å². The first-order valence-corrected chi connectivity index (χ1v) is 7.76. The number of allylic oxidation sites excluding steroid dienone is 1. The maximum Gasteiger partial charge on any atom is 0.244 e. The van der Waals surface area contributed by atoms with E-state index in [1.54, 1.807) is 0 Å². The lowest BCUT2D eigenvalue weighted by molar-refractivity contribution is 0.378. The lowest BCUT2D eigenvalue weighted by Crippen LogP contribution is -2.21. The second-order valence-corrected chi connectivity index (χ2v) is 5.78. The molecule has 5 nitrogen and oxygen atoms in total. The molecule has 2 heterocycles. The number of H-pyrrole nitrogens is 1. The van der Waals surface area contributed by atoms with Crippen molar-refractivity contribution in [3.05, 3.63) is 82.7 Å². The second kappa shape index (κ2) is 6.01. The number of hydrogen-bond acceptors (Lipinski definition) is 4. The Kier molecular flexibility index (Phi) is 3.66. The molecule has 3 aromatic rings. The number of aromatic nitrogens is 2. The van der Waals surface area contributed by atoms with Gasteiger partial charge >= 0.3 is 0 Å². The van der Waals surface area contributed by atoms with E-state index in [9.17, 15) is 14.0 Å². The summed E-state index contributed by atoms with van der Waals surface area (Å²) in [5.74, 6) is -2.60. The number of nitrogens with two attached hydrogens (primary N) is 1. The van der Waals surface area contributed by atoms with Gasteiger partial charge in [-0.15, -0.1) is 5.10 Å². The van der Waals surface area contributed by atoms with Gasteiger partial charge in [-0.2, -0.15) is 5.26 Å². The Hall–Kier alpha value is -3.66. The number of hydrogen-bond donors (Lipinski definition) is 2. The highest BCUT2D eigenvalue weighted by Gasteiger charge is 2.35. The van der Waals surface area contributed by atoms with E-state index in [1.165, 1.54) is 6.07 Å². The smallest absolute Gasteiger partial charge is 0.244 e. The molecule has 3 N–H and O–H groups in total. The summed E-state index contributed by atoms with van der Waals surface area (Å²) in [6.45, 7) is 0. The third kappa shape index (κ3) is 2.40. The van der Waals surface area contributed by atoms with Gasteiger partial charge in [-0.25, -0.2) is 8.78 Å². The van der Waals surface area contributed by atoms with E-state index in [1.807, 2.05) is 36.4 Å². The third-order valence-corrected chi connectivity index (χ3v) is 4.28. The Morgan fingerprint density at radius 2 is 1.88 bits per heavy atom. The molecule has 1 aliphatic heterocycles. The zero-order valence-electron chi connectivity index (χ0n) is 13.3. The van der Waals surface area contributed by atoms with Crippen molar-refractivity contribution in [2.75, 3.05) is 0 Å². The standard InChI is InChI=1S/C19H12F2N4O/c20-13-7-6-11(8-14(13)21)15-12(9-22)18(23)26-19-16(15)17(24-25-19)10-4-2-1-3-5-10/h1-8,15H,23H2,(H,24,25). The fourth-order valence-corrected chi connectivity index (χ4v) is 3.10. The Balaban J connectivity index is 1.97. The molecule has 26 heavy (non-hydrogen) atoms. The summed E-state index contributed by atoms with van der Waals surface area (Å²) in [5.41, 5.74) is 8.34. The lowest BCUT2D eigenvalue weighted by Gasteiger charge is -2.24. The normalized spacial score (nSPS) is 16.0. The molecule has 0 saturated carbocycles. The molecule has 1 aliphatic rings. The zero-order valence-corrected chi connectivity index (χ0v) is 13.3. The molecule has 0 amide bonds. The van der Waals surface area contributed by atoms with Crippen molar-refractivity contribution in [3.8, 4) is 23.2 Å². The van der Waals surface area contributed by atoms with Crippen LogP contribution in [0.1, 0.15) is 17.0 Å². The molecule has 0 spiro atoms. The summed E-state index contributed by atoms with van der Waals surface area (Å²) in [7, 11) is 0. The minimum Gasteiger partial charge on any atom is -0.420 e. The number of ether oxygens (including phenoxy) is 1. The third-order valence-electron chi connectivity index (χ3n) is 4.28. The number of nitrogens with one attached hydrogen (secondary N) is 1. The zero-order chi connectivity index (χ0) is 18.3. The molecule has 0 radical (unpaired) electrons. The second-order valence-electron chi connectivity index (χ2n) is 5.78. The highest BCUT2D eigenvalue weighted by molar-refractivity contribution is 5.70. The highest BCUT2D eigenvalue weighted by atomic mass is 19.2. The monoisotopic (exact) mass is 350 g/mol. The SMILES string of the molecule is N#CC1=C(N)Oc2n[nH]c(-c3ccccc3)c2C1c1ccc(F)c(F)c1. The summed E-state index contributed by atoms with van der Waals surface area (Å²) >= 11 is 0. The van der Waals surface area contributed by atoms with E-state index >= 15 is 0 Å². The van der Waals surface area contributed by atoms with Gasteiger partial charge in [0.05, 0.1) is 17.2 Å². The molecular formula is C19H12F2N4O. The van der Waals surface area contributed by atoms with E-state index in [4.69, 9.17) is 10.5 Å². The number of halogens is 2. The van der Waals surface area contributed by atoms with Gasteiger partial charge in [0.15, 0.2) is 11.6 Å². The van der Waals surface area contributed by atoms with Crippen LogP contribution in [0.15, 0.2) is 60.0 Å². The number of nitrogens with zero attached hydrogens (tertiary/aromatic N) is 2. The van der Waals surface area contributed by atoms with Crippen LogP contribution in [-0.4, -0.2) is 10.2 Å². The summed E-state index contributed by atoms with van der Waals surface area (Å²) in [5, 5.41) is 16.6. The molecule has 128 valence electrons. The van der Waals surface area contributed by atoms with Crippen molar-refractivity contribution in [1.82, 2.24) is 10.2 Å². The van der Waals surface area contributed by atoms with Crippen molar-refractivity contribution in [2.45, 2.75) is 5.92 Å². The van der Waals surface area contributed by atoms with Crippen molar-refractivity contribution in [3.63, 3.8) is 0 Å². The van der Waals surface area contributed by atoms with Gasteiger partial charge < -0.3 is 10.5 Å². The summed E-state index contributed by atoms with van der Waals surface area (Å²) < 4.78 is 32.7. The minimum atomic E-state index is -1.00. The maximum atomic E-state index is 13.8. The van der Waals surface area contributed by atoms with Gasteiger partial charge in [0.1, 0.15) is 11.6 Å². The van der Waals surface area contributed by atoms with Crippen molar-refractivity contribution in [1.29, 1.82) is 5.26 Å². The predicted molar refractivity (Wildman–Crippen MR) is 89.7 cm³/mol. The molecule has 1 aromatic heterocycles. The lowest BCUT2D eigenvalue weighted by atomic mass is 9.83. The van der Waals surface area contributed by atoms with E-state index < -0.39 is 17.6 Å². The molecular weight excluding hydrogens is 338 g/mol. The van der Waals surface area contributed by atoms with Crippen molar-refractivity contribution < 1.29 is 13.5 Å². The molecule has 7 heteroatoms. The fourth-order valence-electron chi connectivity index (χ4n) is 3.10. The molecule has 2 aromatic carbocycles. The Labute approximate surface area is 147 Å². The van der Waals surface area contributed by atoms with Crippen LogP contribution in [0.25, 0.3) is 11.3 Å². The largest absolute Gasteiger partial charge is 0.420 e. The highest BCUT2D eigenvalue weighted by Crippen LogP contribution is 2.45. The van der Waals surface area contributed by atoms with Crippen LogP contribution >= 0.6 is 0 Å². The fraction of sp³-hybridized carbons (Fsp3) is 0.0526. The van der Waals surface area contributed by atoms with Gasteiger partial charge in [-0.1, -0.05) is 36.4 Å². The molecule has 0 bridgehead atoms. The Morgan fingerprint density at radius 1 is 1.12 bits per heavy atom. The molecule has 4 rings (SSSR count). The first-order chi connectivity index (χ1) is 12.6. The molecule has 1 atom stereocenters. The number of aromatic amines is 1. The quantitative estimate of drug-likeness (QED) is 0.739. The first-order valence-electron chi connectivity index (χ1n) is 7.76. The molecule has 0 fully saturated rings. The predicted octanol–water partition coefficient (Wildman–Crippen LogP) is 3.57. The van der Waals surface area contributed by atoms with Crippen LogP contribution in [0.2, 0.25) is 0 Å². The van der Waals surface area contributed by atoms with Crippen LogP contribution in [0.3, 0.4) is 0 Å². The van der Waals surface area contributed by atoms with Crippen molar-refractivity contribution >= 4 is 0 Å². The van der Waals surface area contributed by atoms with Crippen LogP contribution in [0.5, 0.6) is 5.88 Å². The van der Waals surface area contributed by atoms with Gasteiger partial charge in [-0.05, 0) is 23.3 Å². The van der Waals surface area contributed by atoms with E-state index in [2.05, 4.69) is 10.2 Å². The molecule has 0 saturated heterocycles. The summed E-state index contributed by atoms with van der Waals surface area (Å²) in [4.78, 5) is 0. The average Bonchev–Trinajstić information content (AvgIpc) is 3.07. The number of rotatable bonds is 2. The van der Waals surface area contributed by atoms with E-state index in [0.717, 1.165) is 17.7 Å². The molecule has 1 unspecified atom stereocenters. The summed E-state index contributed by atoms with van der Waals surface area (Å²) in [6, 6.07) is 14.8. The number of nitriles is 1. The molecule has 0 aliphatic carbocycles. The Bertz CT molecular complexity index is 1070.